The first-order valence-corrected chi connectivity index (χ1v) is 5.75. The van der Waals surface area contributed by atoms with Crippen LogP contribution in [-0.2, 0) is 12.7 Å². The summed E-state index contributed by atoms with van der Waals surface area (Å²) >= 11 is 1.48. The Bertz CT molecular complexity index is 387. The van der Waals surface area contributed by atoms with E-state index >= 15 is 0 Å². The van der Waals surface area contributed by atoms with Crippen molar-refractivity contribution in [1.29, 1.82) is 0 Å². The lowest BCUT2D eigenvalue weighted by Crippen LogP contribution is -2.09. The molecule has 16 heavy (non-hydrogen) atoms. The number of hydrogen-bond acceptors (Lipinski definition) is 2. The van der Waals surface area contributed by atoms with Crippen molar-refractivity contribution >= 4 is 17.7 Å². The third-order valence-corrected chi connectivity index (χ3v) is 2.56. The molecule has 0 aliphatic rings. The molecule has 0 saturated heterocycles. The monoisotopic (exact) mass is 253 g/mol. The number of aromatic carboxylic acids is 1. The number of thioether (sulfide) groups is 1. The van der Waals surface area contributed by atoms with Crippen molar-refractivity contribution in [3.8, 4) is 0 Å². The van der Waals surface area contributed by atoms with Crippen molar-refractivity contribution in [3.63, 3.8) is 0 Å². The summed E-state index contributed by atoms with van der Waals surface area (Å²) in [6, 6.07) is 0. The molecule has 0 bridgehead atoms. The lowest BCUT2D eigenvalue weighted by molar-refractivity contribution is -0.138. The molecule has 0 atom stereocenters. The van der Waals surface area contributed by atoms with Crippen molar-refractivity contribution in [2.45, 2.75) is 12.7 Å². The second-order valence-corrected chi connectivity index (χ2v) is 4.10. The quantitative estimate of drug-likeness (QED) is 0.896. The largest absolute Gasteiger partial charge is 0.478 e. The fraction of sp³-hybridized carbons (Fsp3) is 0.444. The SMILES string of the molecule is CSCCn1cc(C(=O)O)c(C(F)(F)F)c1. The smallest absolute Gasteiger partial charge is 0.418 e. The van der Waals surface area contributed by atoms with Crippen molar-refractivity contribution in [2.75, 3.05) is 12.0 Å². The average Bonchev–Trinajstić information content (AvgIpc) is 2.58. The first-order valence-electron chi connectivity index (χ1n) is 4.35. The molecule has 0 fully saturated rings. The van der Waals surface area contributed by atoms with E-state index in [0.29, 0.717) is 12.3 Å². The number of halogens is 3. The van der Waals surface area contributed by atoms with Crippen molar-refractivity contribution in [3.05, 3.63) is 23.5 Å². The van der Waals surface area contributed by atoms with Crippen LogP contribution >= 0.6 is 11.8 Å². The summed E-state index contributed by atoms with van der Waals surface area (Å²) in [4.78, 5) is 10.6. The van der Waals surface area contributed by atoms with E-state index in [1.807, 2.05) is 6.26 Å². The summed E-state index contributed by atoms with van der Waals surface area (Å²) in [6.45, 7) is 0.359. The van der Waals surface area contributed by atoms with E-state index in [-0.39, 0.29) is 0 Å². The zero-order chi connectivity index (χ0) is 12.3. The summed E-state index contributed by atoms with van der Waals surface area (Å²) < 4.78 is 38.6. The zero-order valence-corrected chi connectivity index (χ0v) is 9.23. The normalized spacial score (nSPS) is 11.8. The van der Waals surface area contributed by atoms with Gasteiger partial charge in [0.25, 0.3) is 0 Å². The summed E-state index contributed by atoms with van der Waals surface area (Å²) in [5.74, 6) is -0.930. The lowest BCUT2D eigenvalue weighted by atomic mass is 10.2. The molecule has 1 N–H and O–H groups in total. The van der Waals surface area contributed by atoms with E-state index < -0.39 is 23.3 Å². The van der Waals surface area contributed by atoms with Gasteiger partial charge in [-0.05, 0) is 6.26 Å². The van der Waals surface area contributed by atoms with Crippen LogP contribution < -0.4 is 0 Å². The maximum Gasteiger partial charge on any atom is 0.418 e. The number of rotatable bonds is 4. The van der Waals surface area contributed by atoms with Gasteiger partial charge in [0.1, 0.15) is 0 Å². The highest BCUT2D eigenvalue weighted by molar-refractivity contribution is 7.98. The van der Waals surface area contributed by atoms with Gasteiger partial charge in [-0.25, -0.2) is 4.79 Å². The van der Waals surface area contributed by atoms with Gasteiger partial charge >= 0.3 is 12.1 Å². The molecule has 1 aromatic heterocycles. The molecule has 0 aromatic carbocycles. The third kappa shape index (κ3) is 2.94. The summed E-state index contributed by atoms with van der Waals surface area (Å²) in [5, 5.41) is 8.65. The van der Waals surface area contributed by atoms with Crippen LogP contribution in [0.2, 0.25) is 0 Å². The number of aromatic nitrogens is 1. The Hall–Kier alpha value is -1.11. The number of hydrogen-bond donors (Lipinski definition) is 1. The summed E-state index contributed by atoms with van der Waals surface area (Å²) in [5.41, 5.74) is -1.80. The van der Waals surface area contributed by atoms with Gasteiger partial charge in [0, 0.05) is 24.7 Å². The molecule has 90 valence electrons. The van der Waals surface area contributed by atoms with E-state index in [4.69, 9.17) is 5.11 Å². The Labute approximate surface area is 94.3 Å². The maximum atomic E-state index is 12.5. The van der Waals surface area contributed by atoms with Crippen LogP contribution in [0.4, 0.5) is 13.2 Å². The van der Waals surface area contributed by atoms with Crippen LogP contribution in [0.25, 0.3) is 0 Å². The molecule has 0 saturated carbocycles. The maximum absolute atomic E-state index is 12.5. The first-order chi connectivity index (χ1) is 7.36. The Balaban J connectivity index is 3.06. The van der Waals surface area contributed by atoms with Crippen LogP contribution in [0.5, 0.6) is 0 Å². The molecule has 1 aromatic rings. The second kappa shape index (κ2) is 4.82. The molecule has 0 radical (unpaired) electrons. The van der Waals surface area contributed by atoms with Crippen LogP contribution in [0.1, 0.15) is 15.9 Å². The van der Waals surface area contributed by atoms with Crippen LogP contribution in [0.3, 0.4) is 0 Å². The highest BCUT2D eigenvalue weighted by Crippen LogP contribution is 2.32. The van der Waals surface area contributed by atoms with Crippen molar-refractivity contribution in [1.82, 2.24) is 4.57 Å². The van der Waals surface area contributed by atoms with Crippen LogP contribution in [0, 0.1) is 0 Å². The molecule has 0 unspecified atom stereocenters. The van der Waals surface area contributed by atoms with E-state index in [0.717, 1.165) is 12.4 Å². The van der Waals surface area contributed by atoms with Gasteiger partial charge in [-0.15, -0.1) is 0 Å². The number of carboxylic acid groups (broad SMARTS) is 1. The predicted molar refractivity (Wildman–Crippen MR) is 54.8 cm³/mol. The molecule has 1 rings (SSSR count). The minimum Gasteiger partial charge on any atom is -0.478 e. The number of alkyl halides is 3. The zero-order valence-electron chi connectivity index (χ0n) is 8.41. The molecular formula is C9H10F3NO2S. The van der Waals surface area contributed by atoms with E-state index in [9.17, 15) is 18.0 Å². The summed E-state index contributed by atoms with van der Waals surface area (Å²) in [6.07, 6.45) is -0.953. The van der Waals surface area contributed by atoms with Gasteiger partial charge in [-0.2, -0.15) is 24.9 Å². The van der Waals surface area contributed by atoms with Crippen molar-refractivity contribution < 1.29 is 23.1 Å². The highest BCUT2D eigenvalue weighted by atomic mass is 32.2. The fourth-order valence-corrected chi connectivity index (χ4v) is 1.62. The number of nitrogens with zero attached hydrogens (tertiary/aromatic N) is 1. The van der Waals surface area contributed by atoms with Gasteiger partial charge in [-0.1, -0.05) is 0 Å². The van der Waals surface area contributed by atoms with Crippen LogP contribution in [0.15, 0.2) is 12.4 Å². The molecule has 0 aliphatic heterocycles. The van der Waals surface area contributed by atoms with Crippen LogP contribution in [-0.4, -0.2) is 27.7 Å². The molecule has 3 nitrogen and oxygen atoms in total. The molecule has 0 amide bonds. The third-order valence-electron chi connectivity index (χ3n) is 1.97. The number of aryl methyl sites for hydroxylation is 1. The Kier molecular flexibility index (Phi) is 3.90. The molecule has 0 aliphatic carbocycles. The minimum absolute atomic E-state index is 0.359. The lowest BCUT2D eigenvalue weighted by Gasteiger charge is -2.04. The summed E-state index contributed by atoms with van der Waals surface area (Å²) in [7, 11) is 0. The van der Waals surface area contributed by atoms with E-state index in [1.54, 1.807) is 0 Å². The molecule has 1 heterocycles. The Morgan fingerprint density at radius 2 is 2.12 bits per heavy atom. The topological polar surface area (TPSA) is 42.2 Å². The van der Waals surface area contributed by atoms with Gasteiger partial charge in [0.05, 0.1) is 11.1 Å². The first kappa shape index (κ1) is 13.0. The average molecular weight is 253 g/mol. The standard InChI is InChI=1S/C9H10F3NO2S/c1-16-3-2-13-4-6(8(14)15)7(5-13)9(10,11)12/h4-5H,2-3H2,1H3,(H,14,15). The second-order valence-electron chi connectivity index (χ2n) is 3.12. The Morgan fingerprint density at radius 1 is 1.50 bits per heavy atom. The number of carbonyl (C=O) groups is 1. The number of carboxylic acids is 1. The van der Waals surface area contributed by atoms with Gasteiger partial charge < -0.3 is 9.67 Å². The van der Waals surface area contributed by atoms with E-state index in [1.165, 1.54) is 16.3 Å². The Morgan fingerprint density at radius 3 is 2.50 bits per heavy atom. The van der Waals surface area contributed by atoms with E-state index in [2.05, 4.69) is 0 Å². The fourth-order valence-electron chi connectivity index (χ4n) is 1.23. The highest BCUT2D eigenvalue weighted by Gasteiger charge is 2.36. The predicted octanol–water partition coefficient (Wildman–Crippen LogP) is 2.57. The molecular weight excluding hydrogens is 243 g/mol. The van der Waals surface area contributed by atoms with Crippen molar-refractivity contribution in [2.24, 2.45) is 0 Å². The van der Waals surface area contributed by atoms with Gasteiger partial charge in [0.2, 0.25) is 0 Å². The van der Waals surface area contributed by atoms with Gasteiger partial charge in [-0.3, -0.25) is 0 Å². The minimum atomic E-state index is -4.63. The molecule has 7 heteroatoms. The van der Waals surface area contributed by atoms with Gasteiger partial charge in [0.15, 0.2) is 0 Å². The molecule has 0 spiro atoms.